The summed E-state index contributed by atoms with van der Waals surface area (Å²) in [6, 6.07) is 18.6. The van der Waals surface area contributed by atoms with Gasteiger partial charge in [-0.3, -0.25) is 9.63 Å². The number of nitrogens with zero attached hydrogens (tertiary/aromatic N) is 1. The lowest BCUT2D eigenvalue weighted by molar-refractivity contribution is -0.132. The number of amides is 2. The van der Waals surface area contributed by atoms with Crippen molar-refractivity contribution in [1.29, 1.82) is 0 Å². The summed E-state index contributed by atoms with van der Waals surface area (Å²) in [6.07, 6.45) is -0.665. The number of carbonyl (C=O) groups excluding carboxylic acids is 2. The fourth-order valence-electron chi connectivity index (χ4n) is 2.39. The first-order chi connectivity index (χ1) is 13.1. The third-order valence-electron chi connectivity index (χ3n) is 3.73. The minimum atomic E-state index is -1.24. The molecule has 0 bridgehead atoms. The zero-order chi connectivity index (χ0) is 20.8. The molecule has 0 saturated carbocycles. The second-order valence-electron chi connectivity index (χ2n) is 7.95. The predicted octanol–water partition coefficient (Wildman–Crippen LogP) is 4.45. The minimum Gasteiger partial charge on any atom is -0.444 e. The average molecular weight is 384 g/mol. The average Bonchev–Trinajstić information content (AvgIpc) is 2.61. The standard InChI is InChI=1S/C22H28N2O4/c1-21(2,3)28-20(26)23-22(4,5)19(25)24(18-14-10-7-11-15-18)27-16-17-12-8-6-9-13-17/h6-15H,16H2,1-5H3,(H,23,26). The van der Waals surface area contributed by atoms with Crippen LogP contribution in [0.3, 0.4) is 0 Å². The molecule has 6 nitrogen and oxygen atoms in total. The van der Waals surface area contributed by atoms with Gasteiger partial charge in [-0.15, -0.1) is 0 Å². The number of alkyl carbamates (subject to hydrolysis) is 1. The molecule has 0 fully saturated rings. The molecule has 2 aromatic rings. The maximum Gasteiger partial charge on any atom is 0.408 e. The van der Waals surface area contributed by atoms with Crippen LogP contribution in [0.1, 0.15) is 40.2 Å². The molecule has 28 heavy (non-hydrogen) atoms. The molecule has 0 aromatic heterocycles. The molecular weight excluding hydrogens is 356 g/mol. The first kappa shape index (κ1) is 21.4. The summed E-state index contributed by atoms with van der Waals surface area (Å²) in [5.41, 5.74) is -0.405. The van der Waals surface area contributed by atoms with Crippen molar-refractivity contribution in [2.75, 3.05) is 5.06 Å². The highest BCUT2D eigenvalue weighted by atomic mass is 16.7. The van der Waals surface area contributed by atoms with Crippen molar-refractivity contribution in [2.45, 2.75) is 52.4 Å². The van der Waals surface area contributed by atoms with E-state index in [-0.39, 0.29) is 6.61 Å². The van der Waals surface area contributed by atoms with Crippen LogP contribution in [0.5, 0.6) is 0 Å². The molecule has 2 aromatic carbocycles. The molecule has 150 valence electrons. The van der Waals surface area contributed by atoms with E-state index in [2.05, 4.69) is 5.32 Å². The number of rotatable bonds is 6. The van der Waals surface area contributed by atoms with E-state index in [0.29, 0.717) is 5.69 Å². The predicted molar refractivity (Wildman–Crippen MR) is 109 cm³/mol. The van der Waals surface area contributed by atoms with Gasteiger partial charge < -0.3 is 10.1 Å². The summed E-state index contributed by atoms with van der Waals surface area (Å²) in [6.45, 7) is 8.73. The number of anilines is 1. The minimum absolute atomic E-state index is 0.212. The Bertz CT molecular complexity index is 783. The van der Waals surface area contributed by atoms with Crippen LogP contribution in [0.25, 0.3) is 0 Å². The molecule has 6 heteroatoms. The Labute approximate surface area is 166 Å². The summed E-state index contributed by atoms with van der Waals surface area (Å²) < 4.78 is 5.28. The molecule has 2 amide bonds. The molecule has 0 aliphatic rings. The second-order valence-corrected chi connectivity index (χ2v) is 7.95. The van der Waals surface area contributed by atoms with E-state index < -0.39 is 23.1 Å². The van der Waals surface area contributed by atoms with Gasteiger partial charge in [0.15, 0.2) is 0 Å². The van der Waals surface area contributed by atoms with Crippen LogP contribution < -0.4 is 10.4 Å². The van der Waals surface area contributed by atoms with Gasteiger partial charge in [0.2, 0.25) is 0 Å². The van der Waals surface area contributed by atoms with Gasteiger partial charge in [0, 0.05) is 0 Å². The monoisotopic (exact) mass is 384 g/mol. The van der Waals surface area contributed by atoms with E-state index in [1.165, 1.54) is 5.06 Å². The lowest BCUT2D eigenvalue weighted by atomic mass is 10.0. The van der Waals surface area contributed by atoms with Crippen molar-refractivity contribution in [1.82, 2.24) is 5.32 Å². The van der Waals surface area contributed by atoms with Crippen molar-refractivity contribution in [2.24, 2.45) is 0 Å². The molecule has 1 N–H and O–H groups in total. The zero-order valence-electron chi connectivity index (χ0n) is 17.1. The zero-order valence-corrected chi connectivity index (χ0v) is 17.1. The smallest absolute Gasteiger partial charge is 0.408 e. The molecule has 0 aliphatic heterocycles. The number of hydrogen-bond donors (Lipinski definition) is 1. The Morgan fingerprint density at radius 2 is 1.43 bits per heavy atom. The normalized spacial score (nSPS) is 11.6. The van der Waals surface area contributed by atoms with Gasteiger partial charge in [-0.25, -0.2) is 4.79 Å². The van der Waals surface area contributed by atoms with Crippen molar-refractivity contribution >= 4 is 17.7 Å². The lowest BCUT2D eigenvalue weighted by Gasteiger charge is -2.32. The van der Waals surface area contributed by atoms with Gasteiger partial charge in [-0.1, -0.05) is 48.5 Å². The van der Waals surface area contributed by atoms with Crippen LogP contribution >= 0.6 is 0 Å². The number of hydrogen-bond acceptors (Lipinski definition) is 4. The van der Waals surface area contributed by atoms with E-state index in [4.69, 9.17) is 9.57 Å². The van der Waals surface area contributed by atoms with Crippen molar-refractivity contribution in [3.05, 3.63) is 66.2 Å². The summed E-state index contributed by atoms with van der Waals surface area (Å²) in [5, 5.41) is 3.84. The van der Waals surface area contributed by atoms with Crippen LogP contribution in [-0.4, -0.2) is 23.1 Å². The van der Waals surface area contributed by atoms with Crippen molar-refractivity contribution < 1.29 is 19.2 Å². The van der Waals surface area contributed by atoms with E-state index in [9.17, 15) is 9.59 Å². The Morgan fingerprint density at radius 1 is 0.893 bits per heavy atom. The van der Waals surface area contributed by atoms with Gasteiger partial charge >= 0.3 is 6.09 Å². The molecule has 0 atom stereocenters. The Balaban J connectivity index is 2.18. The number of nitrogens with one attached hydrogen (secondary N) is 1. The van der Waals surface area contributed by atoms with Crippen molar-refractivity contribution in [3.63, 3.8) is 0 Å². The lowest BCUT2D eigenvalue weighted by Crippen LogP contribution is -2.56. The highest BCUT2D eigenvalue weighted by molar-refractivity contribution is 5.99. The molecule has 0 unspecified atom stereocenters. The number of carbonyl (C=O) groups is 2. The second kappa shape index (κ2) is 8.89. The van der Waals surface area contributed by atoms with E-state index in [1.54, 1.807) is 46.8 Å². The number of benzene rings is 2. The molecule has 0 radical (unpaired) electrons. The summed E-state index contributed by atoms with van der Waals surface area (Å²) in [5.74, 6) is -0.416. The maximum atomic E-state index is 13.2. The maximum absolute atomic E-state index is 13.2. The highest BCUT2D eigenvalue weighted by Crippen LogP contribution is 2.21. The van der Waals surface area contributed by atoms with Gasteiger partial charge in [0.25, 0.3) is 5.91 Å². The molecule has 2 rings (SSSR count). The molecule has 0 aliphatic carbocycles. The first-order valence-corrected chi connectivity index (χ1v) is 9.16. The topological polar surface area (TPSA) is 67.9 Å². The van der Waals surface area contributed by atoms with Gasteiger partial charge in [0.05, 0.1) is 5.69 Å². The first-order valence-electron chi connectivity index (χ1n) is 9.16. The largest absolute Gasteiger partial charge is 0.444 e. The number of ether oxygens (including phenoxy) is 1. The molecule has 0 heterocycles. The number of para-hydroxylation sites is 1. The summed E-state index contributed by atoms with van der Waals surface area (Å²) >= 11 is 0. The van der Waals surface area contributed by atoms with Crippen LogP contribution in [0.4, 0.5) is 10.5 Å². The highest BCUT2D eigenvalue weighted by Gasteiger charge is 2.36. The number of hydroxylamine groups is 1. The molecule has 0 saturated heterocycles. The third kappa shape index (κ3) is 6.39. The van der Waals surface area contributed by atoms with Gasteiger partial charge in [-0.2, -0.15) is 5.06 Å². The van der Waals surface area contributed by atoms with E-state index in [1.807, 2.05) is 48.5 Å². The Morgan fingerprint density at radius 3 is 1.96 bits per heavy atom. The SMILES string of the molecule is CC(C)(C)OC(=O)NC(C)(C)C(=O)N(OCc1ccccc1)c1ccccc1. The van der Waals surface area contributed by atoms with E-state index >= 15 is 0 Å². The molecule has 0 spiro atoms. The van der Waals surface area contributed by atoms with Gasteiger partial charge in [0.1, 0.15) is 17.7 Å². The van der Waals surface area contributed by atoms with Crippen LogP contribution in [0.15, 0.2) is 60.7 Å². The van der Waals surface area contributed by atoms with Crippen LogP contribution in [0.2, 0.25) is 0 Å². The fraction of sp³-hybridized carbons (Fsp3) is 0.364. The van der Waals surface area contributed by atoms with Crippen LogP contribution in [-0.2, 0) is 21.0 Å². The Hall–Kier alpha value is -2.86. The summed E-state index contributed by atoms with van der Waals surface area (Å²) in [7, 11) is 0. The van der Waals surface area contributed by atoms with Gasteiger partial charge in [-0.05, 0) is 52.3 Å². The Kier molecular flexibility index (Phi) is 6.80. The quantitative estimate of drug-likeness (QED) is 0.747. The fourth-order valence-corrected chi connectivity index (χ4v) is 2.39. The van der Waals surface area contributed by atoms with E-state index in [0.717, 1.165) is 5.56 Å². The van der Waals surface area contributed by atoms with Crippen LogP contribution in [0, 0.1) is 0 Å². The van der Waals surface area contributed by atoms with Crippen molar-refractivity contribution in [3.8, 4) is 0 Å². The third-order valence-corrected chi connectivity index (χ3v) is 3.73. The summed E-state index contributed by atoms with van der Waals surface area (Å²) in [4.78, 5) is 31.2. The molecular formula is C22H28N2O4.